The number of ether oxygens (including phenoxy) is 3. The number of anilines is 2. The van der Waals surface area contributed by atoms with Crippen molar-refractivity contribution in [3.05, 3.63) is 76.8 Å². The quantitative estimate of drug-likeness (QED) is 0.383. The molecule has 1 aliphatic rings. The molecule has 0 saturated heterocycles. The van der Waals surface area contributed by atoms with Crippen molar-refractivity contribution in [1.82, 2.24) is 0 Å². The van der Waals surface area contributed by atoms with E-state index in [0.29, 0.717) is 46.4 Å². The topological polar surface area (TPSA) is 80.3 Å². The number of carbonyl (C=O) groups is 1. The number of hydrogen-bond acceptors (Lipinski definition) is 6. The molecule has 2 N–H and O–H groups in total. The summed E-state index contributed by atoms with van der Waals surface area (Å²) in [6, 6.07) is 14.7. The van der Waals surface area contributed by atoms with Gasteiger partial charge in [-0.3, -0.25) is 4.79 Å². The highest BCUT2D eigenvalue weighted by molar-refractivity contribution is 6.30. The minimum Gasteiger partial charge on any atom is -0.497 e. The first-order valence-electron chi connectivity index (χ1n) is 11.3. The number of methoxy groups -OCH3 is 1. The average molecular weight is 537 g/mol. The molecule has 3 aromatic carbocycles. The van der Waals surface area contributed by atoms with Gasteiger partial charge in [0.2, 0.25) is 0 Å². The summed E-state index contributed by atoms with van der Waals surface area (Å²) in [5, 5.41) is 12.8. The molecular formula is C26H24ClF3N2O5. The normalized spacial score (nSPS) is 13.6. The summed E-state index contributed by atoms with van der Waals surface area (Å²) < 4.78 is 53.3. The molecule has 0 aliphatic carbocycles. The van der Waals surface area contributed by atoms with E-state index in [1.807, 2.05) is 0 Å². The second-order valence-electron chi connectivity index (χ2n) is 8.18. The van der Waals surface area contributed by atoms with Crippen molar-refractivity contribution in [3.8, 4) is 17.2 Å². The lowest BCUT2D eigenvalue weighted by Crippen LogP contribution is -2.37. The van der Waals surface area contributed by atoms with Crippen molar-refractivity contribution < 1.29 is 37.3 Å². The van der Waals surface area contributed by atoms with Gasteiger partial charge in [0.25, 0.3) is 5.91 Å². The Morgan fingerprint density at radius 2 is 1.81 bits per heavy atom. The van der Waals surface area contributed by atoms with Crippen molar-refractivity contribution >= 4 is 28.9 Å². The van der Waals surface area contributed by atoms with Crippen LogP contribution in [0.15, 0.2) is 60.7 Å². The highest BCUT2D eigenvalue weighted by Gasteiger charge is 2.34. The second-order valence-corrected chi connectivity index (χ2v) is 8.61. The molecule has 196 valence electrons. The highest BCUT2D eigenvalue weighted by Crippen LogP contribution is 2.37. The summed E-state index contributed by atoms with van der Waals surface area (Å²) in [5.41, 5.74) is 2.17. The van der Waals surface area contributed by atoms with Gasteiger partial charge in [0, 0.05) is 41.5 Å². The Balaban J connectivity index is 1.68. The highest BCUT2D eigenvalue weighted by atomic mass is 35.5. The molecule has 1 atom stereocenters. The maximum Gasteiger partial charge on any atom is 0.573 e. The molecule has 4 rings (SSSR count). The SMILES string of the molecule is COc1cc(NC(C(=O)N2CCc3ccc(OC(F)(F)F)cc32)c2ccc(Cl)cc2)cc(OCCO)c1. The Hall–Kier alpha value is -3.63. The lowest BCUT2D eigenvalue weighted by molar-refractivity contribution is -0.274. The predicted octanol–water partition coefficient (Wildman–Crippen LogP) is 5.36. The first-order valence-corrected chi connectivity index (χ1v) is 11.7. The van der Waals surface area contributed by atoms with Crippen LogP contribution in [0.4, 0.5) is 24.5 Å². The number of nitrogens with zero attached hydrogens (tertiary/aromatic N) is 1. The third kappa shape index (κ3) is 6.58. The van der Waals surface area contributed by atoms with E-state index in [-0.39, 0.29) is 19.1 Å². The minimum atomic E-state index is -4.85. The molecule has 1 heterocycles. The molecule has 7 nitrogen and oxygen atoms in total. The molecule has 1 unspecified atom stereocenters. The van der Waals surface area contributed by atoms with Crippen LogP contribution >= 0.6 is 11.6 Å². The van der Waals surface area contributed by atoms with Gasteiger partial charge in [-0.05, 0) is 35.7 Å². The van der Waals surface area contributed by atoms with Crippen molar-refractivity contribution in [2.24, 2.45) is 0 Å². The first-order chi connectivity index (χ1) is 17.7. The average Bonchev–Trinajstić information content (AvgIpc) is 3.28. The van der Waals surface area contributed by atoms with Gasteiger partial charge in [0.1, 0.15) is 29.9 Å². The molecule has 1 aliphatic heterocycles. The van der Waals surface area contributed by atoms with Gasteiger partial charge < -0.3 is 29.5 Å². The number of aliphatic hydroxyl groups excluding tert-OH is 1. The van der Waals surface area contributed by atoms with E-state index in [1.165, 1.54) is 30.2 Å². The van der Waals surface area contributed by atoms with Crippen LogP contribution in [0.5, 0.6) is 17.2 Å². The Labute approximate surface area is 216 Å². The lowest BCUT2D eigenvalue weighted by Gasteiger charge is -2.26. The number of fused-ring (bicyclic) bond motifs is 1. The van der Waals surface area contributed by atoms with Crippen LogP contribution in [-0.4, -0.2) is 44.2 Å². The van der Waals surface area contributed by atoms with Crippen LogP contribution in [-0.2, 0) is 11.2 Å². The van der Waals surface area contributed by atoms with E-state index in [1.54, 1.807) is 42.5 Å². The van der Waals surface area contributed by atoms with Crippen LogP contribution in [0.3, 0.4) is 0 Å². The Kier molecular flexibility index (Phi) is 7.99. The molecule has 1 amide bonds. The van der Waals surface area contributed by atoms with Gasteiger partial charge in [-0.1, -0.05) is 29.8 Å². The summed E-state index contributed by atoms with van der Waals surface area (Å²) in [4.78, 5) is 15.3. The Bertz CT molecular complexity index is 1250. The van der Waals surface area contributed by atoms with Gasteiger partial charge >= 0.3 is 6.36 Å². The summed E-state index contributed by atoms with van der Waals surface area (Å²) in [7, 11) is 1.48. The number of hydrogen-bond donors (Lipinski definition) is 2. The number of alkyl halides is 3. The molecule has 0 aromatic heterocycles. The van der Waals surface area contributed by atoms with Crippen LogP contribution in [0.1, 0.15) is 17.2 Å². The number of nitrogens with one attached hydrogen (secondary N) is 1. The first kappa shape index (κ1) is 26.4. The van der Waals surface area contributed by atoms with E-state index in [0.717, 1.165) is 5.56 Å². The molecule has 0 fully saturated rings. The number of carbonyl (C=O) groups excluding carboxylic acids is 1. The molecule has 11 heteroatoms. The largest absolute Gasteiger partial charge is 0.573 e. The standard InChI is InChI=1S/C26H24ClF3N2O5/c1-35-21-12-19(13-22(14-21)36-11-10-33)31-24(17-2-5-18(27)6-3-17)25(34)32-9-8-16-4-7-20(15-23(16)32)37-26(28,29)30/h2-7,12-15,24,31,33H,8-11H2,1H3. The lowest BCUT2D eigenvalue weighted by atomic mass is 10.0. The monoisotopic (exact) mass is 536 g/mol. The smallest absolute Gasteiger partial charge is 0.497 e. The summed E-state index contributed by atoms with van der Waals surface area (Å²) in [6.45, 7) is 0.178. The predicted molar refractivity (Wildman–Crippen MR) is 133 cm³/mol. The number of rotatable bonds is 9. The molecule has 0 radical (unpaired) electrons. The zero-order valence-electron chi connectivity index (χ0n) is 19.7. The number of aliphatic hydroxyl groups is 1. The van der Waals surface area contributed by atoms with Gasteiger partial charge in [-0.25, -0.2) is 0 Å². The van der Waals surface area contributed by atoms with E-state index in [4.69, 9.17) is 26.2 Å². The third-order valence-corrected chi connectivity index (χ3v) is 5.94. The van der Waals surface area contributed by atoms with Crippen LogP contribution in [0.25, 0.3) is 0 Å². The fourth-order valence-electron chi connectivity index (χ4n) is 4.07. The van der Waals surface area contributed by atoms with E-state index >= 15 is 0 Å². The maximum absolute atomic E-state index is 13.9. The third-order valence-electron chi connectivity index (χ3n) is 5.69. The fourth-order valence-corrected chi connectivity index (χ4v) is 4.20. The Morgan fingerprint density at radius 1 is 1.08 bits per heavy atom. The number of benzene rings is 3. The summed E-state index contributed by atoms with van der Waals surface area (Å²) in [5.74, 6) is 0.0886. The van der Waals surface area contributed by atoms with Gasteiger partial charge in [-0.2, -0.15) is 0 Å². The fraction of sp³-hybridized carbons (Fsp3) is 0.269. The Morgan fingerprint density at radius 3 is 2.49 bits per heavy atom. The molecule has 37 heavy (non-hydrogen) atoms. The molecule has 0 bridgehead atoms. The summed E-state index contributed by atoms with van der Waals surface area (Å²) >= 11 is 6.05. The van der Waals surface area contributed by atoms with Crippen LogP contribution < -0.4 is 24.4 Å². The molecular weight excluding hydrogens is 513 g/mol. The van der Waals surface area contributed by atoms with Crippen LogP contribution in [0, 0.1) is 0 Å². The van der Waals surface area contributed by atoms with Crippen molar-refractivity contribution in [2.75, 3.05) is 37.1 Å². The molecule has 0 spiro atoms. The molecule has 0 saturated carbocycles. The number of halogens is 4. The van der Waals surface area contributed by atoms with Crippen molar-refractivity contribution in [1.29, 1.82) is 0 Å². The van der Waals surface area contributed by atoms with Gasteiger partial charge in [0.05, 0.1) is 19.4 Å². The van der Waals surface area contributed by atoms with Crippen molar-refractivity contribution in [2.45, 2.75) is 18.8 Å². The zero-order chi connectivity index (χ0) is 26.6. The second kappa shape index (κ2) is 11.2. The minimum absolute atomic E-state index is 0.0685. The van der Waals surface area contributed by atoms with E-state index < -0.39 is 18.2 Å². The molecule has 3 aromatic rings. The van der Waals surface area contributed by atoms with Crippen LogP contribution in [0.2, 0.25) is 5.02 Å². The maximum atomic E-state index is 13.9. The van der Waals surface area contributed by atoms with Gasteiger partial charge in [0.15, 0.2) is 0 Å². The zero-order valence-corrected chi connectivity index (χ0v) is 20.5. The summed E-state index contributed by atoms with van der Waals surface area (Å²) in [6.07, 6.45) is -4.36. The van der Waals surface area contributed by atoms with E-state index in [9.17, 15) is 18.0 Å². The van der Waals surface area contributed by atoms with Gasteiger partial charge in [-0.15, -0.1) is 13.2 Å². The van der Waals surface area contributed by atoms with Crippen molar-refractivity contribution in [3.63, 3.8) is 0 Å². The van der Waals surface area contributed by atoms with E-state index in [2.05, 4.69) is 10.1 Å². The number of amides is 1.